The van der Waals surface area contributed by atoms with Gasteiger partial charge in [0.25, 0.3) is 0 Å². The fraction of sp³-hybridized carbons (Fsp3) is 0.250. The first-order valence-corrected chi connectivity index (χ1v) is 5.36. The van der Waals surface area contributed by atoms with Crippen molar-refractivity contribution in [2.75, 3.05) is 12.8 Å². The Morgan fingerprint density at radius 3 is 2.71 bits per heavy atom. The Bertz CT molecular complexity index is 563. The second-order valence-corrected chi connectivity index (χ2v) is 4.01. The Balaban J connectivity index is 2.19. The summed E-state index contributed by atoms with van der Waals surface area (Å²) in [6.07, 6.45) is 1.70. The van der Waals surface area contributed by atoms with E-state index in [1.54, 1.807) is 13.3 Å². The predicted octanol–water partition coefficient (Wildman–Crippen LogP) is 1.70. The van der Waals surface area contributed by atoms with Gasteiger partial charge in [-0.3, -0.25) is 5.10 Å². The fourth-order valence-corrected chi connectivity index (χ4v) is 2.10. The lowest BCUT2D eigenvalue weighted by molar-refractivity contribution is 0.134. The molecular formula is C12H13N3O2. The molecule has 1 aromatic heterocycles. The van der Waals surface area contributed by atoms with Crippen LogP contribution in [0.5, 0.6) is 5.75 Å². The molecule has 17 heavy (non-hydrogen) atoms. The lowest BCUT2D eigenvalue weighted by atomic mass is 10.0. The molecule has 0 atom stereocenters. The molecule has 0 saturated heterocycles. The van der Waals surface area contributed by atoms with E-state index in [0.717, 1.165) is 16.9 Å². The van der Waals surface area contributed by atoms with Gasteiger partial charge in [-0.1, -0.05) is 0 Å². The number of aromatic amines is 1. The highest BCUT2D eigenvalue weighted by Crippen LogP contribution is 2.37. The summed E-state index contributed by atoms with van der Waals surface area (Å²) in [7, 11) is 1.65. The van der Waals surface area contributed by atoms with Crippen LogP contribution < -0.4 is 10.5 Å². The number of hydrogen-bond donors (Lipinski definition) is 2. The van der Waals surface area contributed by atoms with Crippen molar-refractivity contribution >= 4 is 5.82 Å². The van der Waals surface area contributed by atoms with E-state index >= 15 is 0 Å². The number of fused-ring (bicyclic) bond motifs is 1. The SMILES string of the molecule is COc1cc2c(cc1-c1cn[nH]c1N)COC2. The topological polar surface area (TPSA) is 73.2 Å². The Labute approximate surface area is 98.5 Å². The molecule has 0 bridgehead atoms. The van der Waals surface area contributed by atoms with Crippen molar-refractivity contribution in [1.82, 2.24) is 10.2 Å². The molecule has 2 heterocycles. The number of nitrogens with one attached hydrogen (secondary N) is 1. The number of nitrogens with zero attached hydrogens (tertiary/aromatic N) is 1. The lowest BCUT2D eigenvalue weighted by Crippen LogP contribution is -1.94. The largest absolute Gasteiger partial charge is 0.496 e. The average molecular weight is 231 g/mol. The molecule has 88 valence electrons. The van der Waals surface area contributed by atoms with Crippen molar-refractivity contribution in [3.05, 3.63) is 29.5 Å². The Kier molecular flexibility index (Phi) is 2.26. The monoisotopic (exact) mass is 231 g/mol. The summed E-state index contributed by atoms with van der Waals surface area (Å²) in [6.45, 7) is 1.29. The summed E-state index contributed by atoms with van der Waals surface area (Å²) >= 11 is 0. The van der Waals surface area contributed by atoms with Gasteiger partial charge in [0, 0.05) is 11.1 Å². The molecule has 1 aromatic carbocycles. The molecule has 1 aliphatic rings. The maximum atomic E-state index is 5.84. The maximum absolute atomic E-state index is 5.84. The minimum Gasteiger partial charge on any atom is -0.496 e. The second-order valence-electron chi connectivity index (χ2n) is 4.01. The second kappa shape index (κ2) is 3.78. The molecule has 0 spiro atoms. The van der Waals surface area contributed by atoms with Gasteiger partial charge in [0.15, 0.2) is 0 Å². The van der Waals surface area contributed by atoms with Crippen LogP contribution in [0.1, 0.15) is 11.1 Å². The summed E-state index contributed by atoms with van der Waals surface area (Å²) in [6, 6.07) is 4.06. The summed E-state index contributed by atoms with van der Waals surface area (Å²) in [4.78, 5) is 0. The number of nitrogens with two attached hydrogens (primary N) is 1. The van der Waals surface area contributed by atoms with Crippen LogP contribution >= 0.6 is 0 Å². The van der Waals surface area contributed by atoms with Gasteiger partial charge in [0.2, 0.25) is 0 Å². The number of H-pyrrole nitrogens is 1. The third kappa shape index (κ3) is 1.55. The van der Waals surface area contributed by atoms with Gasteiger partial charge in [0.1, 0.15) is 11.6 Å². The maximum Gasteiger partial charge on any atom is 0.127 e. The van der Waals surface area contributed by atoms with Crippen molar-refractivity contribution in [3.8, 4) is 16.9 Å². The fourth-order valence-electron chi connectivity index (χ4n) is 2.10. The van der Waals surface area contributed by atoms with Gasteiger partial charge < -0.3 is 15.2 Å². The van der Waals surface area contributed by atoms with Crippen LogP contribution in [0.2, 0.25) is 0 Å². The number of nitrogen functional groups attached to an aromatic ring is 1. The summed E-state index contributed by atoms with van der Waals surface area (Å²) in [5, 5.41) is 6.66. The molecule has 5 heteroatoms. The zero-order valence-corrected chi connectivity index (χ0v) is 9.49. The van der Waals surface area contributed by atoms with Crippen molar-refractivity contribution in [3.63, 3.8) is 0 Å². The zero-order chi connectivity index (χ0) is 11.8. The van der Waals surface area contributed by atoms with E-state index in [9.17, 15) is 0 Å². The first-order chi connectivity index (χ1) is 8.29. The smallest absolute Gasteiger partial charge is 0.127 e. The molecule has 0 unspecified atom stereocenters. The third-order valence-corrected chi connectivity index (χ3v) is 3.00. The van der Waals surface area contributed by atoms with Crippen molar-refractivity contribution in [2.45, 2.75) is 13.2 Å². The Morgan fingerprint density at radius 2 is 2.06 bits per heavy atom. The number of ether oxygens (including phenoxy) is 2. The minimum atomic E-state index is 0.544. The van der Waals surface area contributed by atoms with E-state index in [4.69, 9.17) is 15.2 Å². The van der Waals surface area contributed by atoms with Gasteiger partial charge in [-0.05, 0) is 23.3 Å². The van der Waals surface area contributed by atoms with E-state index in [2.05, 4.69) is 16.3 Å². The summed E-state index contributed by atoms with van der Waals surface area (Å²) in [5.41, 5.74) is 10.00. The highest BCUT2D eigenvalue weighted by atomic mass is 16.5. The number of hydrogen-bond acceptors (Lipinski definition) is 4. The molecule has 0 saturated carbocycles. The molecule has 0 radical (unpaired) electrons. The number of aromatic nitrogens is 2. The number of methoxy groups -OCH3 is 1. The zero-order valence-electron chi connectivity index (χ0n) is 9.49. The van der Waals surface area contributed by atoms with Gasteiger partial charge in [-0.25, -0.2) is 0 Å². The van der Waals surface area contributed by atoms with E-state index in [1.165, 1.54) is 11.1 Å². The van der Waals surface area contributed by atoms with Gasteiger partial charge in [-0.15, -0.1) is 0 Å². The Hall–Kier alpha value is -2.01. The van der Waals surface area contributed by atoms with Crippen LogP contribution in [0.3, 0.4) is 0 Å². The van der Waals surface area contributed by atoms with E-state index in [-0.39, 0.29) is 0 Å². The number of benzene rings is 1. The molecule has 0 aliphatic carbocycles. The standard InChI is InChI=1S/C12H13N3O2/c1-16-11-3-8-6-17-5-7(8)2-9(11)10-4-14-15-12(10)13/h2-4H,5-6H2,1H3,(H3,13,14,15). The van der Waals surface area contributed by atoms with E-state index in [1.807, 2.05) is 6.07 Å². The van der Waals surface area contributed by atoms with Crippen LogP contribution in [-0.4, -0.2) is 17.3 Å². The molecule has 0 amide bonds. The molecule has 5 nitrogen and oxygen atoms in total. The Morgan fingerprint density at radius 1 is 1.29 bits per heavy atom. The van der Waals surface area contributed by atoms with Crippen LogP contribution in [0.15, 0.2) is 18.3 Å². The van der Waals surface area contributed by atoms with Crippen LogP contribution in [0, 0.1) is 0 Å². The average Bonchev–Trinajstić information content (AvgIpc) is 2.94. The van der Waals surface area contributed by atoms with Crippen LogP contribution in [-0.2, 0) is 18.0 Å². The normalized spacial score (nSPS) is 13.7. The molecule has 3 rings (SSSR count). The summed E-state index contributed by atoms with van der Waals surface area (Å²) < 4.78 is 10.8. The van der Waals surface area contributed by atoms with E-state index < -0.39 is 0 Å². The number of anilines is 1. The molecule has 3 N–H and O–H groups in total. The van der Waals surface area contributed by atoms with Gasteiger partial charge in [-0.2, -0.15) is 5.10 Å². The number of rotatable bonds is 2. The predicted molar refractivity (Wildman–Crippen MR) is 63.5 cm³/mol. The van der Waals surface area contributed by atoms with Gasteiger partial charge in [0.05, 0.1) is 26.5 Å². The minimum absolute atomic E-state index is 0.544. The first kappa shape index (κ1) is 10.2. The van der Waals surface area contributed by atoms with E-state index in [0.29, 0.717) is 19.0 Å². The highest BCUT2D eigenvalue weighted by molar-refractivity contribution is 5.79. The van der Waals surface area contributed by atoms with Gasteiger partial charge >= 0.3 is 0 Å². The third-order valence-electron chi connectivity index (χ3n) is 3.00. The van der Waals surface area contributed by atoms with Crippen molar-refractivity contribution < 1.29 is 9.47 Å². The highest BCUT2D eigenvalue weighted by Gasteiger charge is 2.18. The van der Waals surface area contributed by atoms with Crippen molar-refractivity contribution in [1.29, 1.82) is 0 Å². The lowest BCUT2D eigenvalue weighted by Gasteiger charge is -2.10. The molecule has 0 fully saturated rings. The van der Waals surface area contributed by atoms with Crippen LogP contribution in [0.25, 0.3) is 11.1 Å². The summed E-state index contributed by atoms with van der Waals surface area (Å²) in [5.74, 6) is 1.34. The molecule has 1 aliphatic heterocycles. The first-order valence-electron chi connectivity index (χ1n) is 5.36. The van der Waals surface area contributed by atoms with Crippen LogP contribution in [0.4, 0.5) is 5.82 Å². The molecular weight excluding hydrogens is 218 g/mol. The van der Waals surface area contributed by atoms with Crippen molar-refractivity contribution in [2.24, 2.45) is 0 Å². The molecule has 2 aromatic rings. The quantitative estimate of drug-likeness (QED) is 0.825.